The van der Waals surface area contributed by atoms with Gasteiger partial charge in [-0.1, -0.05) is 11.6 Å². The molecule has 0 radical (unpaired) electrons. The summed E-state index contributed by atoms with van der Waals surface area (Å²) in [6.45, 7) is 1.65. The predicted octanol–water partition coefficient (Wildman–Crippen LogP) is 1.93. The van der Waals surface area contributed by atoms with E-state index in [0.717, 1.165) is 30.8 Å². The van der Waals surface area contributed by atoms with E-state index in [1.165, 1.54) is 18.4 Å². The molecular formula is C10H13ClN2O2S. The third kappa shape index (κ3) is 2.53. The van der Waals surface area contributed by atoms with Gasteiger partial charge < -0.3 is 4.74 Å². The first-order valence-electron chi connectivity index (χ1n) is 5.13. The Labute approximate surface area is 103 Å². The molecule has 0 N–H and O–H groups in total. The minimum Gasteiger partial charge on any atom is -0.468 e. The second-order valence-electron chi connectivity index (χ2n) is 3.73. The van der Waals surface area contributed by atoms with Gasteiger partial charge in [0.15, 0.2) is 4.47 Å². The highest BCUT2D eigenvalue weighted by Crippen LogP contribution is 2.24. The van der Waals surface area contributed by atoms with E-state index in [4.69, 9.17) is 16.3 Å². The lowest BCUT2D eigenvalue weighted by molar-refractivity contribution is -0.146. The molecule has 88 valence electrons. The normalized spacial score (nSPS) is 21.2. The first kappa shape index (κ1) is 11.8. The van der Waals surface area contributed by atoms with Crippen LogP contribution in [0, 0.1) is 0 Å². The zero-order chi connectivity index (χ0) is 11.5. The first-order chi connectivity index (χ1) is 7.70. The maximum absolute atomic E-state index is 11.5. The quantitative estimate of drug-likeness (QED) is 0.779. The van der Waals surface area contributed by atoms with Gasteiger partial charge in [-0.15, -0.1) is 11.3 Å². The highest BCUT2D eigenvalue weighted by molar-refractivity contribution is 7.15. The molecule has 0 saturated carbocycles. The lowest BCUT2D eigenvalue weighted by Crippen LogP contribution is -2.36. The Balaban J connectivity index is 2.01. The zero-order valence-electron chi connectivity index (χ0n) is 8.98. The summed E-state index contributed by atoms with van der Waals surface area (Å²) >= 11 is 7.23. The molecule has 0 bridgehead atoms. The summed E-state index contributed by atoms with van der Waals surface area (Å²) in [6.07, 6.45) is 3.67. The molecule has 2 heterocycles. The molecular weight excluding hydrogens is 248 g/mol. The maximum atomic E-state index is 11.5. The van der Waals surface area contributed by atoms with Gasteiger partial charge in [-0.25, -0.2) is 4.98 Å². The number of esters is 1. The molecule has 1 saturated heterocycles. The predicted molar refractivity (Wildman–Crippen MR) is 62.6 cm³/mol. The topological polar surface area (TPSA) is 42.4 Å². The van der Waals surface area contributed by atoms with Crippen LogP contribution in [0.1, 0.15) is 17.7 Å². The molecule has 1 unspecified atom stereocenters. The summed E-state index contributed by atoms with van der Waals surface area (Å²) in [6, 6.07) is -0.106. The lowest BCUT2D eigenvalue weighted by atomic mass is 10.2. The molecule has 1 aliphatic rings. The second-order valence-corrected chi connectivity index (χ2v) is 5.43. The first-order valence-corrected chi connectivity index (χ1v) is 6.32. The van der Waals surface area contributed by atoms with Crippen molar-refractivity contribution in [2.24, 2.45) is 0 Å². The number of hydrogen-bond donors (Lipinski definition) is 0. The molecule has 0 aliphatic carbocycles. The van der Waals surface area contributed by atoms with Gasteiger partial charge in [0, 0.05) is 17.6 Å². The van der Waals surface area contributed by atoms with Crippen molar-refractivity contribution in [3.63, 3.8) is 0 Å². The summed E-state index contributed by atoms with van der Waals surface area (Å²) in [5.74, 6) is -0.145. The Kier molecular flexibility index (Phi) is 3.78. The molecule has 4 nitrogen and oxygen atoms in total. The molecule has 6 heteroatoms. The standard InChI is InChI=1S/C10H13ClN2O2S/c1-15-9(14)8-3-2-4-13(8)6-7-5-12-10(11)16-7/h5,8H,2-4,6H2,1H3. The van der Waals surface area contributed by atoms with E-state index in [0.29, 0.717) is 4.47 Å². The van der Waals surface area contributed by atoms with Crippen molar-refractivity contribution in [3.8, 4) is 0 Å². The van der Waals surface area contributed by atoms with Crippen LogP contribution in [0.2, 0.25) is 4.47 Å². The van der Waals surface area contributed by atoms with Gasteiger partial charge in [0.2, 0.25) is 0 Å². The molecule has 2 rings (SSSR count). The average molecular weight is 261 g/mol. The van der Waals surface area contributed by atoms with Crippen molar-refractivity contribution in [2.45, 2.75) is 25.4 Å². The molecule has 1 atom stereocenters. The number of thiazole rings is 1. The Hall–Kier alpha value is -0.650. The molecule has 0 amide bonds. The van der Waals surface area contributed by atoms with Gasteiger partial charge in [0.1, 0.15) is 6.04 Å². The zero-order valence-corrected chi connectivity index (χ0v) is 10.6. The van der Waals surface area contributed by atoms with Crippen molar-refractivity contribution in [3.05, 3.63) is 15.5 Å². The van der Waals surface area contributed by atoms with Crippen LogP contribution in [0.25, 0.3) is 0 Å². The van der Waals surface area contributed by atoms with Crippen LogP contribution in [-0.4, -0.2) is 35.5 Å². The number of ether oxygens (including phenoxy) is 1. The molecule has 0 spiro atoms. The third-order valence-corrected chi connectivity index (χ3v) is 3.82. The van der Waals surface area contributed by atoms with Crippen LogP contribution in [-0.2, 0) is 16.1 Å². The number of halogens is 1. The van der Waals surface area contributed by atoms with E-state index in [1.807, 2.05) is 0 Å². The SMILES string of the molecule is COC(=O)C1CCCN1Cc1cnc(Cl)s1. The molecule has 1 aromatic heterocycles. The van der Waals surface area contributed by atoms with Gasteiger partial charge >= 0.3 is 5.97 Å². The highest BCUT2D eigenvalue weighted by Gasteiger charge is 2.31. The fraction of sp³-hybridized carbons (Fsp3) is 0.600. The highest BCUT2D eigenvalue weighted by atomic mass is 35.5. The monoisotopic (exact) mass is 260 g/mol. The summed E-state index contributed by atoms with van der Waals surface area (Å²) in [5, 5.41) is 0. The van der Waals surface area contributed by atoms with E-state index < -0.39 is 0 Å². The Morgan fingerprint density at radius 1 is 1.81 bits per heavy atom. The Morgan fingerprint density at radius 2 is 2.62 bits per heavy atom. The number of aromatic nitrogens is 1. The molecule has 0 aromatic carbocycles. The fourth-order valence-electron chi connectivity index (χ4n) is 1.98. The molecule has 1 aliphatic heterocycles. The summed E-state index contributed by atoms with van der Waals surface area (Å²) < 4.78 is 5.33. The van der Waals surface area contributed by atoms with E-state index >= 15 is 0 Å². The van der Waals surface area contributed by atoms with E-state index in [2.05, 4.69) is 9.88 Å². The van der Waals surface area contributed by atoms with Crippen LogP contribution >= 0.6 is 22.9 Å². The van der Waals surface area contributed by atoms with Gasteiger partial charge in [-0.05, 0) is 19.4 Å². The molecule has 1 aromatic rings. The number of likely N-dealkylation sites (tertiary alicyclic amines) is 1. The molecule has 1 fully saturated rings. The Bertz CT molecular complexity index is 383. The van der Waals surface area contributed by atoms with Crippen molar-refractivity contribution < 1.29 is 9.53 Å². The van der Waals surface area contributed by atoms with E-state index in [-0.39, 0.29) is 12.0 Å². The van der Waals surface area contributed by atoms with Crippen LogP contribution in [0.3, 0.4) is 0 Å². The average Bonchev–Trinajstić information content (AvgIpc) is 2.87. The fourth-order valence-corrected chi connectivity index (χ4v) is 2.98. The van der Waals surface area contributed by atoms with Crippen molar-refractivity contribution in [2.75, 3.05) is 13.7 Å². The summed E-state index contributed by atoms with van der Waals surface area (Å²) in [4.78, 5) is 18.7. The maximum Gasteiger partial charge on any atom is 0.323 e. The van der Waals surface area contributed by atoms with Crippen LogP contribution in [0.4, 0.5) is 0 Å². The minimum atomic E-state index is -0.145. The van der Waals surface area contributed by atoms with Crippen LogP contribution < -0.4 is 0 Å². The van der Waals surface area contributed by atoms with Crippen molar-refractivity contribution in [1.29, 1.82) is 0 Å². The van der Waals surface area contributed by atoms with Gasteiger partial charge in [-0.3, -0.25) is 9.69 Å². The third-order valence-electron chi connectivity index (χ3n) is 2.72. The number of carbonyl (C=O) groups is 1. The summed E-state index contributed by atoms with van der Waals surface area (Å²) in [7, 11) is 1.43. The molecule has 16 heavy (non-hydrogen) atoms. The van der Waals surface area contributed by atoms with Crippen LogP contribution in [0.15, 0.2) is 6.20 Å². The van der Waals surface area contributed by atoms with Crippen molar-refractivity contribution in [1.82, 2.24) is 9.88 Å². The lowest BCUT2D eigenvalue weighted by Gasteiger charge is -2.21. The number of nitrogens with zero attached hydrogens (tertiary/aromatic N) is 2. The Morgan fingerprint density at radius 3 is 3.25 bits per heavy atom. The number of rotatable bonds is 3. The van der Waals surface area contributed by atoms with Gasteiger partial charge in [-0.2, -0.15) is 0 Å². The van der Waals surface area contributed by atoms with Crippen molar-refractivity contribution >= 4 is 28.9 Å². The van der Waals surface area contributed by atoms with E-state index in [1.54, 1.807) is 6.20 Å². The number of methoxy groups -OCH3 is 1. The number of carbonyl (C=O) groups excluding carboxylic acids is 1. The number of hydrogen-bond acceptors (Lipinski definition) is 5. The summed E-state index contributed by atoms with van der Waals surface area (Å²) in [5.41, 5.74) is 0. The van der Waals surface area contributed by atoms with E-state index in [9.17, 15) is 4.79 Å². The van der Waals surface area contributed by atoms with Gasteiger partial charge in [0.25, 0.3) is 0 Å². The second kappa shape index (κ2) is 5.12. The smallest absolute Gasteiger partial charge is 0.323 e. The van der Waals surface area contributed by atoms with Crippen LogP contribution in [0.5, 0.6) is 0 Å². The van der Waals surface area contributed by atoms with Gasteiger partial charge in [0.05, 0.1) is 7.11 Å². The minimum absolute atomic E-state index is 0.106. The largest absolute Gasteiger partial charge is 0.468 e.